The summed E-state index contributed by atoms with van der Waals surface area (Å²) in [6.07, 6.45) is -11.4. The van der Waals surface area contributed by atoms with Gasteiger partial charge in [-0.25, -0.2) is 4.79 Å². The lowest BCUT2D eigenvalue weighted by atomic mass is 9.85. The molecule has 0 aromatic heterocycles. The lowest BCUT2D eigenvalue weighted by Crippen LogP contribution is -2.76. The minimum atomic E-state index is -9.25. The summed E-state index contributed by atoms with van der Waals surface area (Å²) in [7, 11) is 0. The molecule has 0 aromatic rings. The maximum absolute atomic E-state index is 13.5. The Morgan fingerprint density at radius 1 is 0.459 bits per heavy atom. The van der Waals surface area contributed by atoms with E-state index in [4.69, 9.17) is 5.11 Å². The van der Waals surface area contributed by atoms with Gasteiger partial charge in [-0.1, -0.05) is 6.58 Å². The van der Waals surface area contributed by atoms with Gasteiger partial charge < -0.3 is 5.11 Å². The zero-order chi connectivity index (χ0) is 30.9. The monoisotopic (exact) mass is 604 g/mol. The lowest BCUT2D eigenvalue weighted by Gasteiger charge is -2.44. The van der Waals surface area contributed by atoms with Crippen molar-refractivity contribution in [2.45, 2.75) is 65.9 Å². The van der Waals surface area contributed by atoms with Gasteiger partial charge in [0.2, 0.25) is 0 Å². The highest BCUT2D eigenvalue weighted by Gasteiger charge is 2.97. The average molecular weight is 604 g/mol. The number of hydrogen-bond donors (Lipinski definition) is 1. The first-order valence-electron chi connectivity index (χ1n) is 7.96. The van der Waals surface area contributed by atoms with E-state index >= 15 is 0 Å². The van der Waals surface area contributed by atoms with Gasteiger partial charge in [0.1, 0.15) is 0 Å². The Labute approximate surface area is 187 Å². The third kappa shape index (κ3) is 4.42. The molecule has 2 nitrogen and oxygen atoms in total. The highest BCUT2D eigenvalue weighted by molar-refractivity contribution is 5.85. The van der Waals surface area contributed by atoms with Crippen molar-refractivity contribution in [3.8, 4) is 0 Å². The molecule has 0 fully saturated rings. The molecule has 0 heterocycles. The van der Waals surface area contributed by atoms with E-state index in [9.17, 15) is 97.0 Å². The largest absolute Gasteiger partial charge is 0.478 e. The van der Waals surface area contributed by atoms with E-state index in [2.05, 4.69) is 0 Å². The number of rotatable bonds is 11. The van der Waals surface area contributed by atoms with Crippen LogP contribution in [0.5, 0.6) is 0 Å². The van der Waals surface area contributed by atoms with Gasteiger partial charge in [-0.2, -0.15) is 92.2 Å². The summed E-state index contributed by atoms with van der Waals surface area (Å²) in [6.45, 7) is 2.03. The first-order valence-corrected chi connectivity index (χ1v) is 7.96. The van der Waals surface area contributed by atoms with Crippen LogP contribution >= 0.6 is 0 Å². The number of hydrogen-bond acceptors (Lipinski definition) is 1. The van der Waals surface area contributed by atoms with Crippen LogP contribution in [-0.4, -0.2) is 70.6 Å². The lowest BCUT2D eigenvalue weighted by molar-refractivity contribution is -0.474. The van der Waals surface area contributed by atoms with Gasteiger partial charge >= 0.3 is 65.4 Å². The molecule has 0 saturated heterocycles. The average Bonchev–Trinajstić information content (AvgIpc) is 2.65. The van der Waals surface area contributed by atoms with E-state index in [-0.39, 0.29) is 0 Å². The van der Waals surface area contributed by atoms with E-state index in [0.717, 1.165) is 0 Å². The number of halogens is 21. The number of carboxylic acids is 1. The normalized spacial score (nSPS) is 16.1. The zero-order valence-electron chi connectivity index (χ0n) is 16.2. The second-order valence-corrected chi connectivity index (χ2v) is 6.88. The summed E-state index contributed by atoms with van der Waals surface area (Å²) < 4.78 is 275. The summed E-state index contributed by atoms with van der Waals surface area (Å²) in [6, 6.07) is 0. The molecule has 0 rings (SSSR count). The first kappa shape index (κ1) is 34.7. The Hall–Kier alpha value is -2.26. The number of aliphatic carboxylic acids is 1. The molecule has 1 N–H and O–H groups in total. The molecule has 0 aliphatic heterocycles. The van der Waals surface area contributed by atoms with Gasteiger partial charge in [-0.05, 0) is 0 Å². The third-order valence-electron chi connectivity index (χ3n) is 4.31. The van der Waals surface area contributed by atoms with Crippen molar-refractivity contribution in [1.29, 1.82) is 0 Å². The molecule has 0 spiro atoms. The molecular formula is C14H5F21O2. The molecule has 0 radical (unpaired) electrons. The van der Waals surface area contributed by atoms with Crippen LogP contribution in [0.25, 0.3) is 0 Å². The number of alkyl halides is 21. The quantitative estimate of drug-likeness (QED) is 0.199. The van der Waals surface area contributed by atoms with Gasteiger partial charge in [0.05, 0.1) is 0 Å². The van der Waals surface area contributed by atoms with E-state index in [0.29, 0.717) is 0 Å². The predicted octanol–water partition coefficient (Wildman–Crippen LogP) is 7.30. The molecule has 0 atom stereocenters. The molecule has 0 aliphatic carbocycles. The Kier molecular flexibility index (Phi) is 8.10. The summed E-state index contributed by atoms with van der Waals surface area (Å²) in [5.74, 6) is -80.8. The summed E-state index contributed by atoms with van der Waals surface area (Å²) in [5.41, 5.74) is -2.26. The fourth-order valence-corrected chi connectivity index (χ4v) is 2.05. The van der Waals surface area contributed by atoms with Crippen LogP contribution in [0.4, 0.5) is 92.2 Å². The van der Waals surface area contributed by atoms with Crippen molar-refractivity contribution in [3.63, 3.8) is 0 Å². The molecule has 0 aliphatic rings. The fraction of sp³-hybridized carbons (Fsp3) is 0.786. The van der Waals surface area contributed by atoms with Crippen LogP contribution in [0, 0.1) is 0 Å². The maximum Gasteiger partial charge on any atom is 0.460 e. The van der Waals surface area contributed by atoms with Gasteiger partial charge in [0.25, 0.3) is 0 Å². The van der Waals surface area contributed by atoms with Crippen molar-refractivity contribution in [3.05, 3.63) is 12.2 Å². The van der Waals surface area contributed by atoms with Crippen molar-refractivity contribution in [2.24, 2.45) is 0 Å². The van der Waals surface area contributed by atoms with Crippen LogP contribution < -0.4 is 0 Å². The van der Waals surface area contributed by atoms with Crippen molar-refractivity contribution in [1.82, 2.24) is 0 Å². The SMILES string of the molecule is C=C(CC(F)(F)C(F)(F)C(F)(F)C(F)(F)C(F)(F)C(F)(F)C(F)(F)C(F)(F)C(F)(F)C(F)(F)F)C(=O)O. The number of carboxylic acid groups (broad SMARTS) is 1. The van der Waals surface area contributed by atoms with E-state index in [1.807, 2.05) is 6.58 Å². The molecular weight excluding hydrogens is 599 g/mol. The highest BCUT2D eigenvalue weighted by Crippen LogP contribution is 2.66. The highest BCUT2D eigenvalue weighted by atomic mass is 19.4. The van der Waals surface area contributed by atoms with Crippen molar-refractivity contribution in [2.75, 3.05) is 0 Å². The second-order valence-electron chi connectivity index (χ2n) is 6.88. The summed E-state index contributed by atoms with van der Waals surface area (Å²) >= 11 is 0. The molecule has 220 valence electrons. The third-order valence-corrected chi connectivity index (χ3v) is 4.31. The maximum atomic E-state index is 13.5. The fourth-order valence-electron chi connectivity index (χ4n) is 2.05. The van der Waals surface area contributed by atoms with Crippen molar-refractivity contribution < 1.29 is 102 Å². The van der Waals surface area contributed by atoms with Gasteiger partial charge in [-0.3, -0.25) is 0 Å². The Balaban J connectivity index is 7.05. The molecule has 0 unspecified atom stereocenters. The van der Waals surface area contributed by atoms with Gasteiger partial charge in [0, 0.05) is 12.0 Å². The van der Waals surface area contributed by atoms with E-state index in [1.165, 1.54) is 0 Å². The van der Waals surface area contributed by atoms with Crippen LogP contribution in [0.3, 0.4) is 0 Å². The molecule has 37 heavy (non-hydrogen) atoms. The predicted molar refractivity (Wildman–Crippen MR) is 72.0 cm³/mol. The van der Waals surface area contributed by atoms with Crippen LogP contribution in [0.2, 0.25) is 0 Å². The standard InChI is InChI=1S/C14H5F21O2/c1-3(4(36)37)2-5(15,16)6(17,18)7(19,20)8(21,22)9(23,24)10(25,26)11(27,28)12(29,30)13(31,32)14(33,34)35/h1-2H2,(H,36,37). The molecule has 0 bridgehead atoms. The molecule has 0 aromatic carbocycles. The number of carbonyl (C=O) groups is 1. The minimum Gasteiger partial charge on any atom is -0.478 e. The van der Waals surface area contributed by atoms with Crippen LogP contribution in [-0.2, 0) is 4.79 Å². The molecule has 0 saturated carbocycles. The molecule has 0 amide bonds. The Bertz CT molecular complexity index is 895. The Morgan fingerprint density at radius 3 is 0.892 bits per heavy atom. The topological polar surface area (TPSA) is 37.3 Å². The molecule has 23 heteroatoms. The summed E-state index contributed by atoms with van der Waals surface area (Å²) in [4.78, 5) is 10.3. The van der Waals surface area contributed by atoms with Crippen LogP contribution in [0.1, 0.15) is 6.42 Å². The van der Waals surface area contributed by atoms with Gasteiger partial charge in [-0.15, -0.1) is 0 Å². The van der Waals surface area contributed by atoms with E-state index < -0.39 is 77.4 Å². The van der Waals surface area contributed by atoms with Gasteiger partial charge in [0.15, 0.2) is 0 Å². The minimum absolute atomic E-state index is 2.03. The Morgan fingerprint density at radius 2 is 0.676 bits per heavy atom. The summed E-state index contributed by atoms with van der Waals surface area (Å²) in [5, 5.41) is 8.17. The van der Waals surface area contributed by atoms with Crippen LogP contribution in [0.15, 0.2) is 12.2 Å². The second kappa shape index (κ2) is 8.63. The smallest absolute Gasteiger partial charge is 0.460 e. The van der Waals surface area contributed by atoms with E-state index in [1.54, 1.807) is 0 Å². The zero-order valence-corrected chi connectivity index (χ0v) is 16.2. The van der Waals surface area contributed by atoms with Crippen molar-refractivity contribution >= 4 is 5.97 Å². The first-order chi connectivity index (χ1) is 15.6.